The maximum atomic E-state index is 5.48. The van der Waals surface area contributed by atoms with E-state index in [2.05, 4.69) is 29.3 Å². The van der Waals surface area contributed by atoms with Gasteiger partial charge in [0.15, 0.2) is 5.82 Å². The van der Waals surface area contributed by atoms with Gasteiger partial charge in [-0.2, -0.15) is 0 Å². The van der Waals surface area contributed by atoms with Crippen LogP contribution in [0.3, 0.4) is 0 Å². The summed E-state index contributed by atoms with van der Waals surface area (Å²) in [6, 6.07) is 10.2. The van der Waals surface area contributed by atoms with E-state index in [1.165, 1.54) is 10.9 Å². The summed E-state index contributed by atoms with van der Waals surface area (Å²) >= 11 is 1.69. The Balaban J connectivity index is 1.90. The van der Waals surface area contributed by atoms with Crippen molar-refractivity contribution in [3.05, 3.63) is 41.3 Å². The van der Waals surface area contributed by atoms with Gasteiger partial charge in [0.2, 0.25) is 0 Å². The van der Waals surface area contributed by atoms with E-state index >= 15 is 0 Å². The second-order valence-corrected chi connectivity index (χ2v) is 6.29. The van der Waals surface area contributed by atoms with Crippen LogP contribution in [-0.2, 0) is 4.74 Å². The normalized spacial score (nSPS) is 15.4. The predicted molar refractivity (Wildman–Crippen MR) is 90.6 cm³/mol. The van der Waals surface area contributed by atoms with Crippen molar-refractivity contribution >= 4 is 27.4 Å². The van der Waals surface area contributed by atoms with Crippen LogP contribution in [-0.4, -0.2) is 36.3 Å². The minimum atomic E-state index is 0.759. The summed E-state index contributed by atoms with van der Waals surface area (Å²) in [5.74, 6) is 1.85. The van der Waals surface area contributed by atoms with Gasteiger partial charge in [0.25, 0.3) is 0 Å². The molecular weight excluding hydrogens is 294 g/mol. The topological polar surface area (TPSA) is 38.2 Å². The molecule has 0 bridgehead atoms. The van der Waals surface area contributed by atoms with Crippen molar-refractivity contribution in [1.82, 2.24) is 9.97 Å². The number of anilines is 1. The standard InChI is InChI=1S/C17H17N3OS/c1-12-11-22-17-14(12)16(20-7-9-21-10-8-20)18-15(19-17)13-5-3-2-4-6-13/h2-6,11H,7-10H2,1H3. The molecule has 0 atom stereocenters. The SMILES string of the molecule is Cc1csc2nc(-c3ccccc3)nc(N3CCOCC3)c12. The van der Waals surface area contributed by atoms with Crippen LogP contribution in [0, 0.1) is 6.92 Å². The third kappa shape index (κ3) is 2.36. The molecule has 112 valence electrons. The lowest BCUT2D eigenvalue weighted by Crippen LogP contribution is -2.37. The highest BCUT2D eigenvalue weighted by Crippen LogP contribution is 2.34. The first kappa shape index (κ1) is 13.7. The number of ether oxygens (including phenoxy) is 1. The molecule has 2 aromatic heterocycles. The highest BCUT2D eigenvalue weighted by molar-refractivity contribution is 7.17. The maximum absolute atomic E-state index is 5.48. The summed E-state index contributed by atoms with van der Waals surface area (Å²) < 4.78 is 5.48. The van der Waals surface area contributed by atoms with E-state index in [4.69, 9.17) is 14.7 Å². The molecule has 5 heteroatoms. The third-order valence-electron chi connectivity index (χ3n) is 3.94. The number of hydrogen-bond acceptors (Lipinski definition) is 5. The molecule has 3 aromatic rings. The number of hydrogen-bond donors (Lipinski definition) is 0. The average molecular weight is 311 g/mol. The molecule has 1 aromatic carbocycles. The van der Waals surface area contributed by atoms with Crippen molar-refractivity contribution in [2.75, 3.05) is 31.2 Å². The van der Waals surface area contributed by atoms with Crippen molar-refractivity contribution in [1.29, 1.82) is 0 Å². The number of thiophene rings is 1. The van der Waals surface area contributed by atoms with Gasteiger partial charge in [-0.05, 0) is 17.9 Å². The van der Waals surface area contributed by atoms with E-state index < -0.39 is 0 Å². The van der Waals surface area contributed by atoms with E-state index in [0.29, 0.717) is 0 Å². The first-order chi connectivity index (χ1) is 10.8. The molecule has 22 heavy (non-hydrogen) atoms. The van der Waals surface area contributed by atoms with Crippen LogP contribution in [0.2, 0.25) is 0 Å². The van der Waals surface area contributed by atoms with Crippen molar-refractivity contribution in [3.63, 3.8) is 0 Å². The van der Waals surface area contributed by atoms with Gasteiger partial charge in [-0.15, -0.1) is 11.3 Å². The van der Waals surface area contributed by atoms with Crippen molar-refractivity contribution in [2.45, 2.75) is 6.92 Å². The largest absolute Gasteiger partial charge is 0.378 e. The van der Waals surface area contributed by atoms with Gasteiger partial charge in [0.05, 0.1) is 18.6 Å². The number of rotatable bonds is 2. The van der Waals surface area contributed by atoms with Gasteiger partial charge in [-0.3, -0.25) is 0 Å². The lowest BCUT2D eigenvalue weighted by Gasteiger charge is -2.28. The molecule has 4 nitrogen and oxygen atoms in total. The van der Waals surface area contributed by atoms with Crippen LogP contribution in [0.4, 0.5) is 5.82 Å². The fourth-order valence-electron chi connectivity index (χ4n) is 2.78. The van der Waals surface area contributed by atoms with Crippen molar-refractivity contribution in [3.8, 4) is 11.4 Å². The molecule has 0 aliphatic carbocycles. The molecule has 0 spiro atoms. The predicted octanol–water partition coefficient (Wildman–Crippen LogP) is 3.50. The van der Waals surface area contributed by atoms with Crippen LogP contribution in [0.25, 0.3) is 21.6 Å². The maximum Gasteiger partial charge on any atom is 0.163 e. The lowest BCUT2D eigenvalue weighted by molar-refractivity contribution is 0.122. The van der Waals surface area contributed by atoms with Gasteiger partial charge in [-0.25, -0.2) is 9.97 Å². The number of aryl methyl sites for hydroxylation is 1. The van der Waals surface area contributed by atoms with E-state index in [1.807, 2.05) is 18.2 Å². The Bertz CT molecular complexity index is 794. The number of benzene rings is 1. The number of aromatic nitrogens is 2. The Morgan fingerprint density at radius 3 is 2.64 bits per heavy atom. The summed E-state index contributed by atoms with van der Waals surface area (Å²) in [5.41, 5.74) is 2.31. The summed E-state index contributed by atoms with van der Waals surface area (Å²) in [7, 11) is 0. The van der Waals surface area contributed by atoms with Gasteiger partial charge >= 0.3 is 0 Å². The smallest absolute Gasteiger partial charge is 0.163 e. The average Bonchev–Trinajstić information content (AvgIpc) is 2.97. The molecule has 1 aliphatic rings. The highest BCUT2D eigenvalue weighted by atomic mass is 32.1. The van der Waals surface area contributed by atoms with Crippen LogP contribution < -0.4 is 4.90 Å². The first-order valence-electron chi connectivity index (χ1n) is 7.47. The molecule has 0 saturated carbocycles. The summed E-state index contributed by atoms with van der Waals surface area (Å²) in [5, 5.41) is 3.35. The fraction of sp³-hybridized carbons (Fsp3) is 0.294. The number of fused-ring (bicyclic) bond motifs is 1. The Morgan fingerprint density at radius 2 is 1.86 bits per heavy atom. The monoisotopic (exact) mass is 311 g/mol. The molecule has 3 heterocycles. The minimum absolute atomic E-state index is 0.759. The highest BCUT2D eigenvalue weighted by Gasteiger charge is 2.20. The van der Waals surface area contributed by atoms with E-state index in [9.17, 15) is 0 Å². The zero-order valence-corrected chi connectivity index (χ0v) is 13.3. The van der Waals surface area contributed by atoms with Gasteiger partial charge in [-0.1, -0.05) is 30.3 Å². The molecule has 1 saturated heterocycles. The number of morpholine rings is 1. The molecular formula is C17H17N3OS. The number of nitrogens with zero attached hydrogens (tertiary/aromatic N) is 3. The summed E-state index contributed by atoms with van der Waals surface area (Å²) in [6.07, 6.45) is 0. The quantitative estimate of drug-likeness (QED) is 0.726. The van der Waals surface area contributed by atoms with Crippen molar-refractivity contribution < 1.29 is 4.74 Å². The molecule has 4 rings (SSSR count). The lowest BCUT2D eigenvalue weighted by atomic mass is 10.2. The minimum Gasteiger partial charge on any atom is -0.378 e. The first-order valence-corrected chi connectivity index (χ1v) is 8.35. The van der Waals surface area contributed by atoms with Gasteiger partial charge in [0.1, 0.15) is 10.6 Å². The van der Waals surface area contributed by atoms with Crippen LogP contribution in [0.15, 0.2) is 35.7 Å². The summed E-state index contributed by atoms with van der Waals surface area (Å²) in [6.45, 7) is 5.42. The van der Waals surface area contributed by atoms with E-state index in [1.54, 1.807) is 11.3 Å². The Hall–Kier alpha value is -1.98. The zero-order chi connectivity index (χ0) is 14.9. The van der Waals surface area contributed by atoms with Crippen molar-refractivity contribution in [2.24, 2.45) is 0 Å². The van der Waals surface area contributed by atoms with Crippen LogP contribution in [0.5, 0.6) is 0 Å². The molecule has 0 unspecified atom stereocenters. The third-order valence-corrected chi connectivity index (χ3v) is 4.93. The van der Waals surface area contributed by atoms with Crippen LogP contribution >= 0.6 is 11.3 Å². The summed E-state index contributed by atoms with van der Waals surface area (Å²) in [4.78, 5) is 13.0. The fourth-order valence-corrected chi connectivity index (χ4v) is 3.70. The molecule has 0 amide bonds. The molecule has 0 N–H and O–H groups in total. The zero-order valence-electron chi connectivity index (χ0n) is 12.5. The second-order valence-electron chi connectivity index (χ2n) is 5.44. The molecule has 0 radical (unpaired) electrons. The van der Waals surface area contributed by atoms with Gasteiger partial charge in [0, 0.05) is 18.7 Å². The van der Waals surface area contributed by atoms with Crippen LogP contribution in [0.1, 0.15) is 5.56 Å². The Labute approximate surface area is 133 Å². The van der Waals surface area contributed by atoms with E-state index in [-0.39, 0.29) is 0 Å². The van der Waals surface area contributed by atoms with Gasteiger partial charge < -0.3 is 9.64 Å². The molecule has 1 aliphatic heterocycles. The molecule has 1 fully saturated rings. The Morgan fingerprint density at radius 1 is 1.09 bits per heavy atom. The second kappa shape index (κ2) is 5.66. The van der Waals surface area contributed by atoms with E-state index in [0.717, 1.165) is 48.3 Å². The Kier molecular flexibility index (Phi) is 3.52.